The summed E-state index contributed by atoms with van der Waals surface area (Å²) < 4.78 is 5.20. The molecule has 1 atom stereocenters. The summed E-state index contributed by atoms with van der Waals surface area (Å²) in [5.41, 5.74) is 0.517. The number of hydrogen-bond donors (Lipinski definition) is 2. The van der Waals surface area contributed by atoms with E-state index in [9.17, 15) is 4.79 Å². The van der Waals surface area contributed by atoms with Crippen molar-refractivity contribution in [3.8, 4) is 0 Å². The molecule has 0 aromatic carbocycles. The molecule has 2 N–H and O–H groups in total. The topological polar surface area (TPSA) is 63.2 Å². The standard InChI is InChI=1S/C12H19N3O2S/c1-8-9(2)18-11(14-8)15-10(16)12(7-17-3)4-5-13-6-12/h13H,4-7H2,1-3H3,(H,14,15,16). The lowest BCUT2D eigenvalue weighted by Crippen LogP contribution is -2.41. The number of anilines is 1. The molecule has 1 aliphatic rings. The number of amides is 1. The summed E-state index contributed by atoms with van der Waals surface area (Å²) in [6, 6.07) is 0. The lowest BCUT2D eigenvalue weighted by atomic mass is 9.87. The molecule has 1 aliphatic heterocycles. The van der Waals surface area contributed by atoms with Gasteiger partial charge >= 0.3 is 0 Å². The van der Waals surface area contributed by atoms with Crippen LogP contribution in [0.15, 0.2) is 0 Å². The fourth-order valence-corrected chi connectivity index (χ4v) is 2.97. The maximum atomic E-state index is 12.4. The minimum atomic E-state index is -0.456. The van der Waals surface area contributed by atoms with Crippen molar-refractivity contribution in [2.24, 2.45) is 5.41 Å². The quantitative estimate of drug-likeness (QED) is 0.865. The van der Waals surface area contributed by atoms with Gasteiger partial charge in [-0.15, -0.1) is 11.3 Å². The summed E-state index contributed by atoms with van der Waals surface area (Å²) in [6.45, 7) is 5.91. The number of rotatable bonds is 4. The number of ether oxygens (including phenoxy) is 1. The van der Waals surface area contributed by atoms with Gasteiger partial charge in [0.05, 0.1) is 17.7 Å². The summed E-state index contributed by atoms with van der Waals surface area (Å²) >= 11 is 1.51. The molecule has 0 bridgehead atoms. The molecule has 0 radical (unpaired) electrons. The van der Waals surface area contributed by atoms with Gasteiger partial charge in [-0.05, 0) is 26.8 Å². The molecule has 1 saturated heterocycles. The van der Waals surface area contributed by atoms with Crippen LogP contribution in [-0.2, 0) is 9.53 Å². The number of aromatic nitrogens is 1. The second-order valence-electron chi connectivity index (χ2n) is 4.75. The van der Waals surface area contributed by atoms with Gasteiger partial charge in [-0.1, -0.05) is 0 Å². The first-order valence-electron chi connectivity index (χ1n) is 6.02. The highest BCUT2D eigenvalue weighted by atomic mass is 32.1. The normalized spacial score (nSPS) is 23.3. The Morgan fingerprint density at radius 1 is 1.61 bits per heavy atom. The highest BCUT2D eigenvalue weighted by Crippen LogP contribution is 2.29. The fraction of sp³-hybridized carbons (Fsp3) is 0.667. The van der Waals surface area contributed by atoms with Crippen molar-refractivity contribution in [3.63, 3.8) is 0 Å². The maximum Gasteiger partial charge on any atom is 0.236 e. The molecule has 2 rings (SSSR count). The number of thiazole rings is 1. The largest absolute Gasteiger partial charge is 0.384 e. The molecule has 1 aromatic heterocycles. The molecule has 18 heavy (non-hydrogen) atoms. The summed E-state index contributed by atoms with van der Waals surface area (Å²) in [4.78, 5) is 17.9. The smallest absolute Gasteiger partial charge is 0.236 e. The Morgan fingerprint density at radius 3 is 2.89 bits per heavy atom. The molecule has 1 amide bonds. The van der Waals surface area contributed by atoms with Crippen LogP contribution < -0.4 is 10.6 Å². The Kier molecular flexibility index (Phi) is 3.99. The van der Waals surface area contributed by atoms with Crippen LogP contribution in [-0.4, -0.2) is 37.7 Å². The molecular weight excluding hydrogens is 250 g/mol. The van der Waals surface area contributed by atoms with Crippen molar-refractivity contribution in [2.45, 2.75) is 20.3 Å². The van der Waals surface area contributed by atoms with E-state index < -0.39 is 5.41 Å². The molecule has 2 heterocycles. The fourth-order valence-electron chi connectivity index (χ4n) is 2.16. The number of nitrogens with zero attached hydrogens (tertiary/aromatic N) is 1. The first kappa shape index (κ1) is 13.5. The Labute approximate surface area is 111 Å². The van der Waals surface area contributed by atoms with Crippen molar-refractivity contribution >= 4 is 22.4 Å². The van der Waals surface area contributed by atoms with E-state index in [2.05, 4.69) is 15.6 Å². The number of hydrogen-bond acceptors (Lipinski definition) is 5. The van der Waals surface area contributed by atoms with E-state index >= 15 is 0 Å². The lowest BCUT2D eigenvalue weighted by molar-refractivity contribution is -0.127. The number of nitrogens with one attached hydrogen (secondary N) is 2. The summed E-state index contributed by atoms with van der Waals surface area (Å²) in [7, 11) is 1.63. The predicted molar refractivity (Wildman–Crippen MR) is 72.0 cm³/mol. The van der Waals surface area contributed by atoms with E-state index in [1.807, 2.05) is 13.8 Å². The van der Waals surface area contributed by atoms with Crippen LogP contribution >= 0.6 is 11.3 Å². The summed E-state index contributed by atoms with van der Waals surface area (Å²) in [6.07, 6.45) is 0.802. The molecule has 0 aliphatic carbocycles. The molecule has 0 spiro atoms. The zero-order valence-electron chi connectivity index (χ0n) is 11.0. The highest BCUT2D eigenvalue weighted by Gasteiger charge is 2.41. The minimum absolute atomic E-state index is 0.00287. The molecule has 1 unspecified atom stereocenters. The van der Waals surface area contributed by atoms with Crippen LogP contribution in [0.3, 0.4) is 0 Å². The van der Waals surface area contributed by atoms with E-state index in [1.54, 1.807) is 7.11 Å². The van der Waals surface area contributed by atoms with Gasteiger partial charge in [0.2, 0.25) is 5.91 Å². The van der Waals surface area contributed by atoms with E-state index in [0.717, 1.165) is 23.5 Å². The average molecular weight is 269 g/mol. The first-order valence-corrected chi connectivity index (χ1v) is 6.84. The number of methoxy groups -OCH3 is 1. The third-order valence-electron chi connectivity index (χ3n) is 3.40. The molecule has 100 valence electrons. The van der Waals surface area contributed by atoms with Crippen LogP contribution in [0, 0.1) is 19.3 Å². The highest BCUT2D eigenvalue weighted by molar-refractivity contribution is 7.15. The van der Waals surface area contributed by atoms with Crippen molar-refractivity contribution in [3.05, 3.63) is 10.6 Å². The van der Waals surface area contributed by atoms with Crippen LogP contribution in [0.25, 0.3) is 0 Å². The summed E-state index contributed by atoms with van der Waals surface area (Å²) in [5, 5.41) is 6.82. The molecule has 5 nitrogen and oxygen atoms in total. The van der Waals surface area contributed by atoms with Crippen LogP contribution in [0.4, 0.5) is 5.13 Å². The SMILES string of the molecule is COCC1(C(=O)Nc2nc(C)c(C)s2)CCNC1. The molecule has 0 saturated carbocycles. The Balaban J connectivity index is 2.10. The third-order valence-corrected chi connectivity index (χ3v) is 4.38. The van der Waals surface area contributed by atoms with Crippen LogP contribution in [0.2, 0.25) is 0 Å². The van der Waals surface area contributed by atoms with Gasteiger partial charge in [-0.3, -0.25) is 4.79 Å². The van der Waals surface area contributed by atoms with Crippen LogP contribution in [0.5, 0.6) is 0 Å². The van der Waals surface area contributed by atoms with E-state index in [-0.39, 0.29) is 5.91 Å². The molecule has 6 heteroatoms. The maximum absolute atomic E-state index is 12.4. The van der Waals surface area contributed by atoms with Gasteiger partial charge < -0.3 is 15.4 Å². The van der Waals surface area contributed by atoms with E-state index in [0.29, 0.717) is 18.3 Å². The van der Waals surface area contributed by atoms with Crippen molar-refractivity contribution < 1.29 is 9.53 Å². The second kappa shape index (κ2) is 5.34. The number of carbonyl (C=O) groups excluding carboxylic acids is 1. The lowest BCUT2D eigenvalue weighted by Gasteiger charge is -2.25. The van der Waals surface area contributed by atoms with Gasteiger partial charge in [-0.2, -0.15) is 0 Å². The van der Waals surface area contributed by atoms with Gasteiger partial charge in [0, 0.05) is 18.5 Å². The van der Waals surface area contributed by atoms with Crippen molar-refractivity contribution in [1.82, 2.24) is 10.3 Å². The zero-order chi connectivity index (χ0) is 13.2. The van der Waals surface area contributed by atoms with Gasteiger partial charge in [-0.25, -0.2) is 4.98 Å². The van der Waals surface area contributed by atoms with Crippen LogP contribution in [0.1, 0.15) is 17.0 Å². The Hall–Kier alpha value is -0.980. The second-order valence-corrected chi connectivity index (χ2v) is 5.96. The molecule has 1 aromatic rings. The van der Waals surface area contributed by atoms with Crippen molar-refractivity contribution in [1.29, 1.82) is 0 Å². The van der Waals surface area contributed by atoms with E-state index in [4.69, 9.17) is 4.74 Å². The first-order chi connectivity index (χ1) is 8.57. The molecular formula is C12H19N3O2S. The average Bonchev–Trinajstić information content (AvgIpc) is 2.89. The Bertz CT molecular complexity index is 419. The molecule has 1 fully saturated rings. The predicted octanol–water partition coefficient (Wildman–Crippen LogP) is 1.32. The van der Waals surface area contributed by atoms with E-state index in [1.165, 1.54) is 11.3 Å². The Morgan fingerprint density at radius 2 is 2.39 bits per heavy atom. The number of carbonyl (C=O) groups is 1. The zero-order valence-corrected chi connectivity index (χ0v) is 11.8. The van der Waals surface area contributed by atoms with Gasteiger partial charge in [0.25, 0.3) is 0 Å². The third kappa shape index (κ3) is 2.55. The number of aryl methyl sites for hydroxylation is 2. The summed E-state index contributed by atoms with van der Waals surface area (Å²) in [5.74, 6) is 0.00287. The minimum Gasteiger partial charge on any atom is -0.384 e. The van der Waals surface area contributed by atoms with Gasteiger partial charge in [0.15, 0.2) is 5.13 Å². The monoisotopic (exact) mass is 269 g/mol. The van der Waals surface area contributed by atoms with Gasteiger partial charge in [0.1, 0.15) is 0 Å². The van der Waals surface area contributed by atoms with Crippen molar-refractivity contribution in [2.75, 3.05) is 32.1 Å².